The maximum Gasteiger partial charge on any atom is 0.254 e. The molecule has 1 aliphatic heterocycles. The number of halogens is 2. The number of nitrogens with one attached hydrogen (secondary N) is 1. The van der Waals surface area contributed by atoms with Gasteiger partial charge in [0.1, 0.15) is 5.03 Å². The highest BCUT2D eigenvalue weighted by molar-refractivity contribution is 7.99. The van der Waals surface area contributed by atoms with Crippen molar-refractivity contribution in [2.24, 2.45) is 0 Å². The second kappa shape index (κ2) is 9.88. The molecule has 1 aliphatic carbocycles. The van der Waals surface area contributed by atoms with Gasteiger partial charge in [-0.2, -0.15) is 0 Å². The SMILES string of the molecule is O=C(NC1CCN(Cc2ccc(F)c(F)c2)CC1)c1cccnc1SC1CCCC1. The van der Waals surface area contributed by atoms with Crippen LogP contribution in [0.4, 0.5) is 8.78 Å². The van der Waals surface area contributed by atoms with Crippen molar-refractivity contribution in [2.75, 3.05) is 13.1 Å². The molecule has 1 saturated carbocycles. The number of rotatable bonds is 6. The van der Waals surface area contributed by atoms with Crippen LogP contribution in [0.3, 0.4) is 0 Å². The Balaban J connectivity index is 1.29. The van der Waals surface area contributed by atoms with Crippen LogP contribution in [-0.4, -0.2) is 40.2 Å². The summed E-state index contributed by atoms with van der Waals surface area (Å²) in [6, 6.07) is 7.85. The number of amides is 1. The van der Waals surface area contributed by atoms with E-state index in [1.807, 2.05) is 12.1 Å². The van der Waals surface area contributed by atoms with Crippen molar-refractivity contribution in [1.82, 2.24) is 15.2 Å². The average Bonchev–Trinajstić information content (AvgIpc) is 3.26. The summed E-state index contributed by atoms with van der Waals surface area (Å²) < 4.78 is 26.5. The molecule has 7 heteroatoms. The molecule has 1 aromatic heterocycles. The highest BCUT2D eigenvalue weighted by Crippen LogP contribution is 2.35. The lowest BCUT2D eigenvalue weighted by molar-refractivity contribution is 0.0905. The van der Waals surface area contributed by atoms with Gasteiger partial charge in [-0.3, -0.25) is 9.69 Å². The Morgan fingerprint density at radius 3 is 2.60 bits per heavy atom. The van der Waals surface area contributed by atoms with Crippen molar-refractivity contribution in [2.45, 2.75) is 61.4 Å². The monoisotopic (exact) mass is 431 g/mol. The van der Waals surface area contributed by atoms with Gasteiger partial charge in [0.05, 0.1) is 5.56 Å². The number of thioether (sulfide) groups is 1. The third-order valence-corrected chi connectivity index (χ3v) is 7.26. The van der Waals surface area contributed by atoms with E-state index in [1.165, 1.54) is 37.8 Å². The van der Waals surface area contributed by atoms with E-state index in [0.717, 1.165) is 36.5 Å². The van der Waals surface area contributed by atoms with Crippen LogP contribution in [-0.2, 0) is 6.54 Å². The van der Waals surface area contributed by atoms with Gasteiger partial charge in [-0.25, -0.2) is 13.8 Å². The lowest BCUT2D eigenvalue weighted by atomic mass is 10.0. The predicted molar refractivity (Wildman–Crippen MR) is 114 cm³/mol. The Morgan fingerprint density at radius 2 is 1.87 bits per heavy atom. The standard InChI is InChI=1S/C23H27F2N3OS/c24-20-8-7-16(14-21(20)25)15-28-12-9-17(10-13-28)27-22(29)19-6-3-11-26-23(19)30-18-4-1-2-5-18/h3,6-8,11,14,17-18H,1-2,4-5,9-10,12-13,15H2,(H,27,29). The molecule has 1 N–H and O–H groups in total. The molecule has 1 amide bonds. The van der Waals surface area contributed by atoms with Gasteiger partial charge in [0.25, 0.3) is 5.91 Å². The molecule has 2 aliphatic rings. The molecule has 4 nitrogen and oxygen atoms in total. The molecule has 0 atom stereocenters. The van der Waals surface area contributed by atoms with Crippen molar-refractivity contribution in [3.05, 3.63) is 59.3 Å². The number of carbonyl (C=O) groups excluding carboxylic acids is 1. The third kappa shape index (κ3) is 5.38. The molecular weight excluding hydrogens is 404 g/mol. The summed E-state index contributed by atoms with van der Waals surface area (Å²) in [6.07, 6.45) is 8.33. The summed E-state index contributed by atoms with van der Waals surface area (Å²) in [5.74, 6) is -1.68. The number of likely N-dealkylation sites (tertiary alicyclic amines) is 1. The highest BCUT2D eigenvalue weighted by Gasteiger charge is 2.24. The van der Waals surface area contributed by atoms with Crippen LogP contribution in [0.5, 0.6) is 0 Å². The minimum absolute atomic E-state index is 0.0531. The van der Waals surface area contributed by atoms with Crippen molar-refractivity contribution in [1.29, 1.82) is 0 Å². The van der Waals surface area contributed by atoms with E-state index in [0.29, 0.717) is 17.4 Å². The molecule has 2 aromatic rings. The zero-order chi connectivity index (χ0) is 20.9. The Bertz CT molecular complexity index is 881. The second-order valence-electron chi connectivity index (χ2n) is 8.15. The summed E-state index contributed by atoms with van der Waals surface area (Å²) in [5, 5.41) is 4.57. The summed E-state index contributed by atoms with van der Waals surface area (Å²) in [7, 11) is 0. The summed E-state index contributed by atoms with van der Waals surface area (Å²) >= 11 is 1.73. The Morgan fingerprint density at radius 1 is 1.10 bits per heavy atom. The number of hydrogen-bond donors (Lipinski definition) is 1. The van der Waals surface area contributed by atoms with Crippen LogP contribution in [0.1, 0.15) is 54.4 Å². The minimum Gasteiger partial charge on any atom is -0.349 e. The van der Waals surface area contributed by atoms with Gasteiger partial charge in [0.2, 0.25) is 0 Å². The lowest BCUT2D eigenvalue weighted by Gasteiger charge is -2.32. The van der Waals surface area contributed by atoms with E-state index in [1.54, 1.807) is 24.0 Å². The number of hydrogen-bond acceptors (Lipinski definition) is 4. The number of nitrogens with zero attached hydrogens (tertiary/aromatic N) is 2. The molecule has 4 rings (SSSR count). The normalized spacial score (nSPS) is 18.6. The molecule has 0 spiro atoms. The van der Waals surface area contributed by atoms with Gasteiger partial charge >= 0.3 is 0 Å². The molecule has 0 radical (unpaired) electrons. The first kappa shape index (κ1) is 21.2. The number of benzene rings is 1. The van der Waals surface area contributed by atoms with Crippen LogP contribution in [0.15, 0.2) is 41.6 Å². The predicted octanol–water partition coefficient (Wildman–Crippen LogP) is 4.79. The second-order valence-corrected chi connectivity index (χ2v) is 9.44. The number of carbonyl (C=O) groups is 1. The van der Waals surface area contributed by atoms with E-state index in [2.05, 4.69) is 15.2 Å². The average molecular weight is 432 g/mol. The van der Waals surface area contributed by atoms with Gasteiger partial charge in [0, 0.05) is 37.1 Å². The van der Waals surface area contributed by atoms with E-state index >= 15 is 0 Å². The maximum absolute atomic E-state index is 13.4. The summed E-state index contributed by atoms with van der Waals surface area (Å²) in [6.45, 7) is 2.20. The van der Waals surface area contributed by atoms with Crippen LogP contribution >= 0.6 is 11.8 Å². The van der Waals surface area contributed by atoms with Crippen LogP contribution in [0.25, 0.3) is 0 Å². The zero-order valence-corrected chi connectivity index (χ0v) is 17.8. The molecular formula is C23H27F2N3OS. The van der Waals surface area contributed by atoms with Crippen LogP contribution in [0, 0.1) is 11.6 Å². The lowest BCUT2D eigenvalue weighted by Crippen LogP contribution is -2.44. The topological polar surface area (TPSA) is 45.2 Å². The molecule has 1 saturated heterocycles. The van der Waals surface area contributed by atoms with Crippen LogP contribution in [0.2, 0.25) is 0 Å². The van der Waals surface area contributed by atoms with Crippen molar-refractivity contribution >= 4 is 17.7 Å². The third-order valence-electron chi connectivity index (χ3n) is 5.91. The van der Waals surface area contributed by atoms with Gasteiger partial charge in [0.15, 0.2) is 11.6 Å². The van der Waals surface area contributed by atoms with Gasteiger partial charge in [-0.05, 0) is 55.5 Å². The minimum atomic E-state index is -0.818. The van der Waals surface area contributed by atoms with Crippen molar-refractivity contribution in [3.8, 4) is 0 Å². The summed E-state index contributed by atoms with van der Waals surface area (Å²) in [4.78, 5) is 19.6. The summed E-state index contributed by atoms with van der Waals surface area (Å²) in [5.41, 5.74) is 1.43. The van der Waals surface area contributed by atoms with Gasteiger partial charge < -0.3 is 5.32 Å². The highest BCUT2D eigenvalue weighted by atomic mass is 32.2. The van der Waals surface area contributed by atoms with Crippen molar-refractivity contribution in [3.63, 3.8) is 0 Å². The first-order chi connectivity index (χ1) is 14.6. The fraction of sp³-hybridized carbons (Fsp3) is 0.478. The molecule has 160 valence electrons. The Kier molecular flexibility index (Phi) is 7.00. The zero-order valence-electron chi connectivity index (χ0n) is 16.9. The fourth-order valence-electron chi connectivity index (χ4n) is 4.22. The van der Waals surface area contributed by atoms with Crippen molar-refractivity contribution < 1.29 is 13.6 Å². The molecule has 2 fully saturated rings. The van der Waals surface area contributed by atoms with Crippen LogP contribution < -0.4 is 5.32 Å². The van der Waals surface area contributed by atoms with Gasteiger partial charge in [-0.1, -0.05) is 18.9 Å². The molecule has 30 heavy (non-hydrogen) atoms. The first-order valence-electron chi connectivity index (χ1n) is 10.7. The van der Waals surface area contributed by atoms with E-state index in [9.17, 15) is 13.6 Å². The number of pyridine rings is 1. The molecule has 0 unspecified atom stereocenters. The van der Waals surface area contributed by atoms with E-state index in [-0.39, 0.29) is 11.9 Å². The number of aromatic nitrogens is 1. The first-order valence-corrected chi connectivity index (χ1v) is 11.6. The van der Waals surface area contributed by atoms with E-state index < -0.39 is 11.6 Å². The van der Waals surface area contributed by atoms with Gasteiger partial charge in [-0.15, -0.1) is 11.8 Å². The molecule has 0 bridgehead atoms. The maximum atomic E-state index is 13.4. The smallest absolute Gasteiger partial charge is 0.254 e. The quantitative estimate of drug-likeness (QED) is 0.714. The molecule has 2 heterocycles. The fourth-order valence-corrected chi connectivity index (χ4v) is 5.51. The Labute approximate surface area is 180 Å². The Hall–Kier alpha value is -1.99. The van der Waals surface area contributed by atoms with E-state index in [4.69, 9.17) is 0 Å². The number of piperidine rings is 1. The molecule has 1 aromatic carbocycles. The largest absolute Gasteiger partial charge is 0.349 e.